The molecule has 8 heteroatoms. The van der Waals surface area contributed by atoms with Gasteiger partial charge in [-0.2, -0.15) is 0 Å². The third kappa shape index (κ3) is 4.32. The summed E-state index contributed by atoms with van der Waals surface area (Å²) >= 11 is 27.1. The summed E-state index contributed by atoms with van der Waals surface area (Å²) in [7, 11) is 0. The van der Waals surface area contributed by atoms with Crippen molar-refractivity contribution < 1.29 is 0 Å². The van der Waals surface area contributed by atoms with Crippen molar-refractivity contribution in [3.63, 3.8) is 0 Å². The van der Waals surface area contributed by atoms with Gasteiger partial charge in [0.05, 0.1) is 10.0 Å². The predicted octanol–water partition coefficient (Wildman–Crippen LogP) is 7.11. The molecule has 0 atom stereocenters. The summed E-state index contributed by atoms with van der Waals surface area (Å²) in [6.07, 6.45) is 1.70. The van der Waals surface area contributed by atoms with Gasteiger partial charge in [-0.3, -0.25) is 0 Å². The summed E-state index contributed by atoms with van der Waals surface area (Å²) in [5, 5.41) is 1.90. The smallest absolute Gasteiger partial charge is 0.188 e. The summed E-state index contributed by atoms with van der Waals surface area (Å²) in [4.78, 5) is 8.80. The number of thiophene rings is 1. The maximum Gasteiger partial charge on any atom is 0.188 e. The van der Waals surface area contributed by atoms with Crippen molar-refractivity contribution in [2.75, 3.05) is 0 Å². The number of aromatic nitrogens is 2. The number of hydrogen-bond acceptors (Lipinski definition) is 4. The van der Waals surface area contributed by atoms with Gasteiger partial charge in [-0.25, -0.2) is 9.97 Å². The average molecular weight is 422 g/mol. The standard InChI is InChI=1S/C15H8Cl4N2S2/c16-9-2-1-8(11(17)5-9)7-22-15-20-4-3-12(21-15)10-6-13(18)23-14(10)19/h1-6H,7H2. The molecule has 0 N–H and O–H groups in total. The fraction of sp³-hybridized carbons (Fsp3) is 0.0667. The van der Waals surface area contributed by atoms with E-state index in [1.807, 2.05) is 18.2 Å². The fourth-order valence-electron chi connectivity index (χ4n) is 1.86. The van der Waals surface area contributed by atoms with E-state index in [0.717, 1.165) is 16.8 Å². The molecular formula is C15H8Cl4N2S2. The number of rotatable bonds is 4. The Bertz CT molecular complexity index is 851. The summed E-state index contributed by atoms with van der Waals surface area (Å²) in [5.74, 6) is 0.650. The Balaban J connectivity index is 1.79. The van der Waals surface area contributed by atoms with Gasteiger partial charge in [0.1, 0.15) is 4.34 Å². The van der Waals surface area contributed by atoms with Crippen molar-refractivity contribution in [1.29, 1.82) is 0 Å². The topological polar surface area (TPSA) is 25.8 Å². The van der Waals surface area contributed by atoms with E-state index in [0.29, 0.717) is 29.6 Å². The Morgan fingerprint density at radius 1 is 1.04 bits per heavy atom. The molecule has 0 aliphatic carbocycles. The van der Waals surface area contributed by atoms with Crippen LogP contribution in [0.1, 0.15) is 5.56 Å². The highest BCUT2D eigenvalue weighted by Gasteiger charge is 2.11. The highest BCUT2D eigenvalue weighted by atomic mass is 35.5. The van der Waals surface area contributed by atoms with E-state index in [-0.39, 0.29) is 0 Å². The Hall–Kier alpha value is -0.490. The van der Waals surface area contributed by atoms with Crippen LogP contribution in [0.15, 0.2) is 41.7 Å². The zero-order valence-electron chi connectivity index (χ0n) is 11.4. The number of halogens is 4. The van der Waals surface area contributed by atoms with Crippen LogP contribution in [0.25, 0.3) is 11.3 Å². The van der Waals surface area contributed by atoms with E-state index < -0.39 is 0 Å². The SMILES string of the molecule is Clc1ccc(CSc2nccc(-c3cc(Cl)sc3Cl)n2)c(Cl)c1. The van der Waals surface area contributed by atoms with E-state index in [4.69, 9.17) is 46.4 Å². The molecule has 0 amide bonds. The number of hydrogen-bond donors (Lipinski definition) is 0. The third-order valence-electron chi connectivity index (χ3n) is 2.94. The molecule has 0 saturated heterocycles. The molecule has 118 valence electrons. The minimum absolute atomic E-state index is 0.616. The highest BCUT2D eigenvalue weighted by Crippen LogP contribution is 2.37. The largest absolute Gasteiger partial charge is 0.231 e. The highest BCUT2D eigenvalue weighted by molar-refractivity contribution is 7.98. The van der Waals surface area contributed by atoms with Crippen LogP contribution < -0.4 is 0 Å². The predicted molar refractivity (Wildman–Crippen MR) is 101 cm³/mol. The second kappa shape index (κ2) is 7.60. The molecule has 0 aliphatic heterocycles. The van der Waals surface area contributed by atoms with Gasteiger partial charge in [0.25, 0.3) is 0 Å². The zero-order valence-corrected chi connectivity index (χ0v) is 16.1. The zero-order chi connectivity index (χ0) is 16.4. The Labute approximate surface area is 161 Å². The van der Waals surface area contributed by atoms with Gasteiger partial charge in [-0.05, 0) is 29.8 Å². The molecule has 3 aromatic rings. The Morgan fingerprint density at radius 3 is 2.57 bits per heavy atom. The Kier molecular flexibility index (Phi) is 5.73. The number of nitrogens with zero attached hydrogens (tertiary/aromatic N) is 2. The second-order valence-corrected chi connectivity index (χ2v) is 8.56. The first-order valence-corrected chi connectivity index (χ1v) is 9.69. The van der Waals surface area contributed by atoms with Crippen LogP contribution in [-0.2, 0) is 5.75 Å². The van der Waals surface area contributed by atoms with Gasteiger partial charge in [-0.15, -0.1) is 11.3 Å². The van der Waals surface area contributed by atoms with Gasteiger partial charge in [0.15, 0.2) is 5.16 Å². The van der Waals surface area contributed by atoms with Crippen LogP contribution in [0.5, 0.6) is 0 Å². The monoisotopic (exact) mass is 420 g/mol. The summed E-state index contributed by atoms with van der Waals surface area (Å²) in [6.45, 7) is 0. The molecule has 0 bridgehead atoms. The summed E-state index contributed by atoms with van der Waals surface area (Å²) in [5.41, 5.74) is 2.54. The molecule has 0 radical (unpaired) electrons. The fourth-order valence-corrected chi connectivity index (χ4v) is 4.73. The lowest BCUT2D eigenvalue weighted by Crippen LogP contribution is -1.90. The van der Waals surface area contributed by atoms with E-state index in [2.05, 4.69) is 9.97 Å². The van der Waals surface area contributed by atoms with Crippen LogP contribution in [-0.4, -0.2) is 9.97 Å². The molecule has 2 aromatic heterocycles. The van der Waals surface area contributed by atoms with Crippen LogP contribution in [0.4, 0.5) is 0 Å². The molecule has 0 aliphatic rings. The van der Waals surface area contributed by atoms with Crippen molar-refractivity contribution in [2.45, 2.75) is 10.9 Å². The summed E-state index contributed by atoms with van der Waals surface area (Å²) in [6, 6.07) is 9.05. The van der Waals surface area contributed by atoms with E-state index in [1.165, 1.54) is 23.1 Å². The van der Waals surface area contributed by atoms with E-state index >= 15 is 0 Å². The first-order chi connectivity index (χ1) is 11.0. The van der Waals surface area contributed by atoms with Crippen LogP contribution in [0.2, 0.25) is 18.7 Å². The van der Waals surface area contributed by atoms with E-state index in [1.54, 1.807) is 18.3 Å². The molecule has 23 heavy (non-hydrogen) atoms. The van der Waals surface area contributed by atoms with Crippen molar-refractivity contribution in [1.82, 2.24) is 9.97 Å². The lowest BCUT2D eigenvalue weighted by Gasteiger charge is -2.05. The first-order valence-electron chi connectivity index (χ1n) is 6.38. The van der Waals surface area contributed by atoms with Gasteiger partial charge < -0.3 is 0 Å². The average Bonchev–Trinajstić information content (AvgIpc) is 2.85. The molecule has 1 aromatic carbocycles. The van der Waals surface area contributed by atoms with E-state index in [9.17, 15) is 0 Å². The first kappa shape index (κ1) is 17.3. The molecule has 3 rings (SSSR count). The lowest BCUT2D eigenvalue weighted by atomic mass is 10.2. The van der Waals surface area contributed by atoms with Gasteiger partial charge in [0.2, 0.25) is 0 Å². The van der Waals surface area contributed by atoms with Gasteiger partial charge >= 0.3 is 0 Å². The minimum Gasteiger partial charge on any atom is -0.231 e. The quantitative estimate of drug-likeness (QED) is 0.331. The number of thioether (sulfide) groups is 1. The second-order valence-electron chi connectivity index (χ2n) is 4.49. The molecule has 0 spiro atoms. The van der Waals surface area contributed by atoms with Crippen molar-refractivity contribution in [2.24, 2.45) is 0 Å². The maximum atomic E-state index is 6.18. The molecule has 0 fully saturated rings. The lowest BCUT2D eigenvalue weighted by molar-refractivity contribution is 0.973. The normalized spacial score (nSPS) is 11.0. The molecule has 2 nitrogen and oxygen atoms in total. The number of benzene rings is 1. The van der Waals surface area contributed by atoms with Gasteiger partial charge in [-0.1, -0.05) is 64.2 Å². The van der Waals surface area contributed by atoms with Crippen LogP contribution >= 0.6 is 69.5 Å². The van der Waals surface area contributed by atoms with Crippen molar-refractivity contribution in [3.05, 3.63) is 60.8 Å². The molecule has 2 heterocycles. The summed E-state index contributed by atoms with van der Waals surface area (Å²) < 4.78 is 1.25. The van der Waals surface area contributed by atoms with Crippen LogP contribution in [0.3, 0.4) is 0 Å². The van der Waals surface area contributed by atoms with Gasteiger partial charge in [0, 0.05) is 27.6 Å². The van der Waals surface area contributed by atoms with Crippen molar-refractivity contribution >= 4 is 69.5 Å². The Morgan fingerprint density at radius 2 is 1.87 bits per heavy atom. The van der Waals surface area contributed by atoms with Crippen molar-refractivity contribution in [3.8, 4) is 11.3 Å². The molecule has 0 unspecified atom stereocenters. The third-order valence-corrected chi connectivity index (χ3v) is 5.92. The minimum atomic E-state index is 0.616. The van der Waals surface area contributed by atoms with Crippen LogP contribution in [0, 0.1) is 0 Å². The molecular weight excluding hydrogens is 414 g/mol. The molecule has 0 saturated carbocycles. The maximum absolute atomic E-state index is 6.18.